The fourth-order valence-corrected chi connectivity index (χ4v) is 2.80. The van der Waals surface area contributed by atoms with Gasteiger partial charge in [0.15, 0.2) is 0 Å². The van der Waals surface area contributed by atoms with Crippen LogP contribution in [0.2, 0.25) is 0 Å². The van der Waals surface area contributed by atoms with E-state index < -0.39 is 0 Å². The van der Waals surface area contributed by atoms with E-state index in [0.717, 1.165) is 13.0 Å². The van der Waals surface area contributed by atoms with Crippen molar-refractivity contribution in [1.82, 2.24) is 5.32 Å². The molecule has 0 spiro atoms. The van der Waals surface area contributed by atoms with Crippen LogP contribution in [0.3, 0.4) is 0 Å². The van der Waals surface area contributed by atoms with E-state index in [1.165, 1.54) is 12.8 Å². The third-order valence-corrected chi connectivity index (χ3v) is 3.87. The maximum absolute atomic E-state index is 9.83. The normalized spacial score (nSPS) is 35.8. The number of hydrogen-bond acceptors (Lipinski definition) is 3. The number of aliphatic hydroxyl groups is 1. The van der Waals surface area contributed by atoms with Gasteiger partial charge in [-0.2, -0.15) is 11.8 Å². The highest BCUT2D eigenvalue weighted by atomic mass is 32.2. The fraction of sp³-hybridized carbons (Fsp3) is 1.00. The second-order valence-electron chi connectivity index (χ2n) is 3.49. The summed E-state index contributed by atoms with van der Waals surface area (Å²) in [4.78, 5) is 0. The van der Waals surface area contributed by atoms with Gasteiger partial charge in [0.2, 0.25) is 0 Å². The molecule has 1 aliphatic rings. The van der Waals surface area contributed by atoms with Crippen LogP contribution in [-0.4, -0.2) is 36.3 Å². The van der Waals surface area contributed by atoms with Crippen LogP contribution in [0.15, 0.2) is 0 Å². The Bertz CT molecular complexity index is 132. The Hall–Kier alpha value is 0.270. The highest BCUT2D eigenvalue weighted by Crippen LogP contribution is 2.34. The van der Waals surface area contributed by atoms with Gasteiger partial charge in [-0.3, -0.25) is 0 Å². The maximum Gasteiger partial charge on any atom is 0.0687 e. The third kappa shape index (κ3) is 2.38. The van der Waals surface area contributed by atoms with Crippen LogP contribution >= 0.6 is 11.8 Å². The number of rotatable bonds is 4. The Morgan fingerprint density at radius 2 is 2.25 bits per heavy atom. The van der Waals surface area contributed by atoms with Gasteiger partial charge in [0.05, 0.1) is 6.10 Å². The molecule has 72 valence electrons. The summed E-state index contributed by atoms with van der Waals surface area (Å²) in [6.07, 6.45) is 5.54. The van der Waals surface area contributed by atoms with Crippen LogP contribution in [0.1, 0.15) is 19.3 Å². The minimum Gasteiger partial charge on any atom is -0.392 e. The van der Waals surface area contributed by atoms with E-state index in [1.807, 2.05) is 18.8 Å². The highest BCUT2D eigenvalue weighted by molar-refractivity contribution is 7.99. The van der Waals surface area contributed by atoms with Gasteiger partial charge in [-0.25, -0.2) is 0 Å². The van der Waals surface area contributed by atoms with E-state index in [1.54, 1.807) is 0 Å². The lowest BCUT2D eigenvalue weighted by Crippen LogP contribution is -2.25. The van der Waals surface area contributed by atoms with Gasteiger partial charge in [0.25, 0.3) is 0 Å². The van der Waals surface area contributed by atoms with Gasteiger partial charge < -0.3 is 10.4 Å². The molecule has 0 bridgehead atoms. The Morgan fingerprint density at radius 1 is 1.50 bits per heavy atom. The smallest absolute Gasteiger partial charge is 0.0687 e. The van der Waals surface area contributed by atoms with Crippen molar-refractivity contribution < 1.29 is 5.11 Å². The maximum atomic E-state index is 9.83. The molecule has 0 aromatic rings. The van der Waals surface area contributed by atoms with Crippen LogP contribution in [0.4, 0.5) is 0 Å². The van der Waals surface area contributed by atoms with E-state index in [0.29, 0.717) is 11.2 Å². The molecule has 1 saturated carbocycles. The summed E-state index contributed by atoms with van der Waals surface area (Å²) in [5.41, 5.74) is 0. The summed E-state index contributed by atoms with van der Waals surface area (Å²) in [7, 11) is 1.97. The molecule has 1 fully saturated rings. The molecule has 3 atom stereocenters. The first-order valence-corrected chi connectivity index (χ1v) is 5.94. The van der Waals surface area contributed by atoms with Crippen LogP contribution in [-0.2, 0) is 0 Å². The summed E-state index contributed by atoms with van der Waals surface area (Å²) in [5, 5.41) is 13.4. The highest BCUT2D eigenvalue weighted by Gasteiger charge is 2.33. The first-order chi connectivity index (χ1) is 5.79. The molecule has 2 N–H and O–H groups in total. The fourth-order valence-electron chi connectivity index (χ4n) is 1.93. The van der Waals surface area contributed by atoms with Crippen molar-refractivity contribution in [1.29, 1.82) is 0 Å². The van der Waals surface area contributed by atoms with Gasteiger partial charge in [-0.1, -0.05) is 0 Å². The molecular formula is C9H19NOS. The summed E-state index contributed by atoms with van der Waals surface area (Å²) >= 11 is 1.81. The van der Waals surface area contributed by atoms with Crippen molar-refractivity contribution >= 4 is 11.8 Å². The van der Waals surface area contributed by atoms with Crippen LogP contribution < -0.4 is 5.32 Å². The summed E-state index contributed by atoms with van der Waals surface area (Å²) < 4.78 is 0. The summed E-state index contributed by atoms with van der Waals surface area (Å²) in [6.45, 7) is 1.03. The molecule has 0 aliphatic heterocycles. The van der Waals surface area contributed by atoms with Gasteiger partial charge in [-0.15, -0.1) is 0 Å². The van der Waals surface area contributed by atoms with Crippen molar-refractivity contribution in [2.24, 2.45) is 5.92 Å². The second kappa shape index (κ2) is 5.10. The molecular weight excluding hydrogens is 170 g/mol. The first-order valence-electron chi connectivity index (χ1n) is 4.65. The molecule has 1 aliphatic carbocycles. The molecule has 0 aromatic heterocycles. The monoisotopic (exact) mass is 189 g/mol. The van der Waals surface area contributed by atoms with E-state index in [-0.39, 0.29) is 6.10 Å². The molecule has 3 heteroatoms. The van der Waals surface area contributed by atoms with Crippen molar-refractivity contribution in [3.05, 3.63) is 0 Å². The Morgan fingerprint density at radius 3 is 2.75 bits per heavy atom. The molecule has 0 saturated heterocycles. The number of thioether (sulfide) groups is 1. The molecule has 0 unspecified atom stereocenters. The first kappa shape index (κ1) is 10.4. The number of aliphatic hydroxyl groups excluding tert-OH is 1. The standard InChI is InChI=1S/C9H19NOS/c1-10-6-5-7-3-4-8(12-2)9(7)11/h7-11H,3-6H2,1-2H3/t7-,8+,9+/m1/s1. The lowest BCUT2D eigenvalue weighted by atomic mass is 10.0. The zero-order chi connectivity index (χ0) is 8.97. The van der Waals surface area contributed by atoms with Gasteiger partial charge in [-0.05, 0) is 45.0 Å². The van der Waals surface area contributed by atoms with E-state index >= 15 is 0 Å². The lowest BCUT2D eigenvalue weighted by molar-refractivity contribution is 0.132. The van der Waals surface area contributed by atoms with E-state index in [2.05, 4.69) is 11.6 Å². The number of nitrogens with one attached hydrogen (secondary N) is 1. The van der Waals surface area contributed by atoms with Crippen LogP contribution in [0.25, 0.3) is 0 Å². The minimum absolute atomic E-state index is 0.0617. The molecule has 0 heterocycles. The Balaban J connectivity index is 2.28. The van der Waals surface area contributed by atoms with E-state index in [4.69, 9.17) is 0 Å². The Kier molecular flexibility index (Phi) is 4.40. The summed E-state index contributed by atoms with van der Waals surface area (Å²) in [5.74, 6) is 0.537. The lowest BCUT2D eigenvalue weighted by Gasteiger charge is -2.17. The molecule has 0 aromatic carbocycles. The van der Waals surface area contributed by atoms with Gasteiger partial charge >= 0.3 is 0 Å². The topological polar surface area (TPSA) is 32.3 Å². The van der Waals surface area contributed by atoms with Crippen LogP contribution in [0.5, 0.6) is 0 Å². The zero-order valence-corrected chi connectivity index (χ0v) is 8.73. The van der Waals surface area contributed by atoms with Crippen molar-refractivity contribution in [2.45, 2.75) is 30.6 Å². The zero-order valence-electron chi connectivity index (χ0n) is 7.92. The quantitative estimate of drug-likeness (QED) is 0.694. The second-order valence-corrected chi connectivity index (χ2v) is 4.57. The molecule has 0 amide bonds. The van der Waals surface area contributed by atoms with Crippen molar-refractivity contribution in [2.75, 3.05) is 19.8 Å². The Labute approximate surface area is 79.1 Å². The average molecular weight is 189 g/mol. The van der Waals surface area contributed by atoms with Gasteiger partial charge in [0.1, 0.15) is 0 Å². The van der Waals surface area contributed by atoms with Crippen LogP contribution in [0, 0.1) is 5.92 Å². The van der Waals surface area contributed by atoms with E-state index in [9.17, 15) is 5.11 Å². The number of hydrogen-bond donors (Lipinski definition) is 2. The van der Waals surface area contributed by atoms with Gasteiger partial charge in [0, 0.05) is 5.25 Å². The largest absolute Gasteiger partial charge is 0.392 e. The molecule has 2 nitrogen and oxygen atoms in total. The molecule has 12 heavy (non-hydrogen) atoms. The molecule has 1 rings (SSSR count). The predicted octanol–water partition coefficient (Wildman–Crippen LogP) is 1.10. The third-order valence-electron chi connectivity index (χ3n) is 2.75. The van der Waals surface area contributed by atoms with Crippen molar-refractivity contribution in [3.8, 4) is 0 Å². The SMILES string of the molecule is CNCC[C@H]1CC[C@H](SC)[C@H]1O. The minimum atomic E-state index is -0.0617. The predicted molar refractivity (Wildman–Crippen MR) is 54.6 cm³/mol. The summed E-state index contributed by atoms with van der Waals surface area (Å²) in [6, 6.07) is 0. The van der Waals surface area contributed by atoms with Crippen molar-refractivity contribution in [3.63, 3.8) is 0 Å². The average Bonchev–Trinajstić information content (AvgIpc) is 2.43. The molecule has 0 radical (unpaired) electrons.